The zero-order valence-electron chi connectivity index (χ0n) is 17.0. The van der Waals surface area contributed by atoms with Crippen LogP contribution in [0, 0.1) is 6.92 Å². The number of aryl methyl sites for hydroxylation is 2. The average Bonchev–Trinajstić information content (AvgIpc) is 3.20. The minimum atomic E-state index is -0.0928. The zero-order valence-corrected chi connectivity index (χ0v) is 17.8. The van der Waals surface area contributed by atoms with Crippen LogP contribution in [0.15, 0.2) is 54.9 Å². The maximum absolute atomic E-state index is 12.4. The average molecular weight is 418 g/mol. The van der Waals surface area contributed by atoms with Gasteiger partial charge < -0.3 is 10.6 Å². The highest BCUT2D eigenvalue weighted by Gasteiger charge is 2.10. The van der Waals surface area contributed by atoms with Crippen LogP contribution in [0.2, 0.25) is 0 Å². The van der Waals surface area contributed by atoms with Gasteiger partial charge in [-0.05, 0) is 54.8 Å². The number of rotatable bonds is 7. The smallest absolute Gasteiger partial charge is 0.251 e. The van der Waals surface area contributed by atoms with Crippen LogP contribution < -0.4 is 10.6 Å². The van der Waals surface area contributed by atoms with E-state index in [-0.39, 0.29) is 5.91 Å². The fraction of sp³-hybridized carbons (Fsp3) is 0.217. The van der Waals surface area contributed by atoms with E-state index in [1.165, 1.54) is 4.88 Å². The Kier molecular flexibility index (Phi) is 5.99. The number of carbonyl (C=O) groups is 1. The Morgan fingerprint density at radius 1 is 1.00 bits per heavy atom. The van der Waals surface area contributed by atoms with Crippen molar-refractivity contribution in [2.24, 2.45) is 0 Å². The molecule has 0 atom stereocenters. The van der Waals surface area contributed by atoms with E-state index in [1.54, 1.807) is 23.7 Å². The number of carbonyl (C=O) groups excluding carboxylic acids is 1. The molecule has 0 saturated heterocycles. The summed E-state index contributed by atoms with van der Waals surface area (Å²) in [6, 6.07) is 13.6. The highest BCUT2D eigenvalue weighted by molar-refractivity contribution is 7.18. The molecule has 152 valence electrons. The summed E-state index contributed by atoms with van der Waals surface area (Å²) in [4.78, 5) is 27.8. The van der Waals surface area contributed by atoms with E-state index in [4.69, 9.17) is 0 Å². The number of nitrogens with zero attached hydrogens (tertiary/aromatic N) is 3. The van der Waals surface area contributed by atoms with Crippen molar-refractivity contribution in [2.45, 2.75) is 33.4 Å². The number of nitrogens with one attached hydrogen (secondary N) is 2. The van der Waals surface area contributed by atoms with Crippen LogP contribution in [0.3, 0.4) is 0 Å². The Balaban J connectivity index is 1.40. The van der Waals surface area contributed by atoms with Crippen molar-refractivity contribution in [3.05, 3.63) is 82.3 Å². The second-order valence-corrected chi connectivity index (χ2v) is 8.11. The van der Waals surface area contributed by atoms with Gasteiger partial charge in [-0.3, -0.25) is 9.78 Å². The van der Waals surface area contributed by atoms with Gasteiger partial charge in [0.25, 0.3) is 5.91 Å². The largest absolute Gasteiger partial charge is 0.365 e. The number of thiophene rings is 1. The second-order valence-electron chi connectivity index (χ2n) is 6.99. The van der Waals surface area contributed by atoms with Gasteiger partial charge in [0, 0.05) is 35.9 Å². The standard InChI is InChI=1S/C23H23N5OS/c1-3-19-12-20-21(27-15(2)28-23(20)30-19)25-13-16-4-6-18(7-5-16)22(29)26-14-17-8-10-24-11-9-17/h4-12H,3,13-14H2,1-2H3,(H,26,29)(H,25,27,28). The van der Waals surface area contributed by atoms with Crippen molar-refractivity contribution < 1.29 is 4.79 Å². The third kappa shape index (κ3) is 4.63. The minimum Gasteiger partial charge on any atom is -0.365 e. The molecule has 0 spiro atoms. The van der Waals surface area contributed by atoms with Gasteiger partial charge in [0.1, 0.15) is 16.5 Å². The maximum Gasteiger partial charge on any atom is 0.251 e. The number of aromatic nitrogens is 3. The van der Waals surface area contributed by atoms with Crippen molar-refractivity contribution in [1.29, 1.82) is 0 Å². The van der Waals surface area contributed by atoms with Crippen LogP contribution in [0.1, 0.15) is 39.1 Å². The molecule has 2 N–H and O–H groups in total. The van der Waals surface area contributed by atoms with E-state index < -0.39 is 0 Å². The van der Waals surface area contributed by atoms with Crippen molar-refractivity contribution >= 4 is 33.3 Å². The highest BCUT2D eigenvalue weighted by Crippen LogP contribution is 2.29. The topological polar surface area (TPSA) is 79.8 Å². The molecule has 4 aromatic rings. The zero-order chi connectivity index (χ0) is 20.9. The van der Waals surface area contributed by atoms with Gasteiger partial charge in [0.2, 0.25) is 0 Å². The molecular weight excluding hydrogens is 394 g/mol. The molecule has 6 nitrogen and oxygen atoms in total. The number of fused-ring (bicyclic) bond motifs is 1. The molecule has 7 heteroatoms. The summed E-state index contributed by atoms with van der Waals surface area (Å²) in [5, 5.41) is 7.42. The molecule has 0 fully saturated rings. The van der Waals surface area contributed by atoms with Crippen LogP contribution in [-0.2, 0) is 19.5 Å². The maximum atomic E-state index is 12.4. The monoisotopic (exact) mass is 417 g/mol. The van der Waals surface area contributed by atoms with E-state index >= 15 is 0 Å². The van der Waals surface area contributed by atoms with Gasteiger partial charge in [-0.25, -0.2) is 9.97 Å². The summed E-state index contributed by atoms with van der Waals surface area (Å²) < 4.78 is 0. The van der Waals surface area contributed by atoms with Gasteiger partial charge in [0.05, 0.1) is 5.39 Å². The van der Waals surface area contributed by atoms with E-state index in [0.717, 1.165) is 39.4 Å². The summed E-state index contributed by atoms with van der Waals surface area (Å²) in [7, 11) is 0. The van der Waals surface area contributed by atoms with Crippen LogP contribution in [-0.4, -0.2) is 20.9 Å². The van der Waals surface area contributed by atoms with Crippen molar-refractivity contribution in [3.8, 4) is 0 Å². The first-order chi connectivity index (χ1) is 14.6. The van der Waals surface area contributed by atoms with Gasteiger partial charge in [0.15, 0.2) is 0 Å². The Morgan fingerprint density at radius 3 is 2.47 bits per heavy atom. The van der Waals surface area contributed by atoms with Gasteiger partial charge in [-0.15, -0.1) is 11.3 Å². The first-order valence-electron chi connectivity index (χ1n) is 9.89. The van der Waals surface area contributed by atoms with E-state index in [9.17, 15) is 4.79 Å². The minimum absolute atomic E-state index is 0.0928. The van der Waals surface area contributed by atoms with Crippen LogP contribution in [0.5, 0.6) is 0 Å². The predicted octanol–water partition coefficient (Wildman–Crippen LogP) is 4.50. The molecular formula is C23H23N5OS. The number of pyridine rings is 1. The number of hydrogen-bond donors (Lipinski definition) is 2. The Hall–Kier alpha value is -3.32. The molecule has 3 aromatic heterocycles. The molecule has 0 aliphatic heterocycles. The fourth-order valence-electron chi connectivity index (χ4n) is 3.13. The first-order valence-corrected chi connectivity index (χ1v) is 10.7. The molecule has 1 amide bonds. The van der Waals surface area contributed by atoms with Crippen LogP contribution >= 0.6 is 11.3 Å². The van der Waals surface area contributed by atoms with Crippen molar-refractivity contribution in [1.82, 2.24) is 20.3 Å². The number of amides is 1. The predicted molar refractivity (Wildman–Crippen MR) is 121 cm³/mol. The van der Waals surface area contributed by atoms with Crippen LogP contribution in [0.25, 0.3) is 10.2 Å². The fourth-order valence-corrected chi connectivity index (χ4v) is 4.14. The lowest BCUT2D eigenvalue weighted by Crippen LogP contribution is -2.22. The Bertz CT molecular complexity index is 1160. The SMILES string of the molecule is CCc1cc2c(NCc3ccc(C(=O)NCc4ccncc4)cc3)nc(C)nc2s1. The summed E-state index contributed by atoms with van der Waals surface area (Å²) in [5.74, 6) is 1.52. The highest BCUT2D eigenvalue weighted by atomic mass is 32.1. The van der Waals surface area contributed by atoms with Gasteiger partial charge in [-0.1, -0.05) is 19.1 Å². The molecule has 30 heavy (non-hydrogen) atoms. The molecule has 0 saturated carbocycles. The lowest BCUT2D eigenvalue weighted by Gasteiger charge is -2.09. The van der Waals surface area contributed by atoms with Gasteiger partial charge >= 0.3 is 0 Å². The summed E-state index contributed by atoms with van der Waals surface area (Å²) in [5.41, 5.74) is 2.74. The Labute approximate surface area is 179 Å². The van der Waals surface area contributed by atoms with Crippen molar-refractivity contribution in [3.63, 3.8) is 0 Å². The normalized spacial score (nSPS) is 10.9. The number of benzene rings is 1. The third-order valence-corrected chi connectivity index (χ3v) is 5.96. The van der Waals surface area contributed by atoms with E-state index in [1.807, 2.05) is 43.3 Å². The third-order valence-electron chi connectivity index (χ3n) is 4.78. The number of anilines is 1. The second kappa shape index (κ2) is 9.00. The molecule has 4 rings (SSSR count). The lowest BCUT2D eigenvalue weighted by molar-refractivity contribution is 0.0951. The molecule has 0 radical (unpaired) electrons. The van der Waals surface area contributed by atoms with E-state index in [0.29, 0.717) is 18.7 Å². The molecule has 1 aromatic carbocycles. The summed E-state index contributed by atoms with van der Waals surface area (Å²) >= 11 is 1.72. The lowest BCUT2D eigenvalue weighted by atomic mass is 10.1. The molecule has 3 heterocycles. The molecule has 0 aliphatic rings. The summed E-state index contributed by atoms with van der Waals surface area (Å²) in [6.07, 6.45) is 4.43. The van der Waals surface area contributed by atoms with E-state index in [2.05, 4.69) is 38.6 Å². The quantitative estimate of drug-likeness (QED) is 0.463. The summed E-state index contributed by atoms with van der Waals surface area (Å²) in [6.45, 7) is 5.16. The molecule has 0 bridgehead atoms. The molecule has 0 unspecified atom stereocenters. The molecule has 0 aliphatic carbocycles. The van der Waals surface area contributed by atoms with Crippen molar-refractivity contribution in [2.75, 3.05) is 5.32 Å². The van der Waals surface area contributed by atoms with Crippen LogP contribution in [0.4, 0.5) is 5.82 Å². The Morgan fingerprint density at radius 2 is 1.73 bits per heavy atom. The first kappa shape index (κ1) is 20.0. The number of hydrogen-bond acceptors (Lipinski definition) is 6. The van der Waals surface area contributed by atoms with Gasteiger partial charge in [-0.2, -0.15) is 0 Å².